The first-order chi connectivity index (χ1) is 27.0. The van der Waals surface area contributed by atoms with E-state index in [1.165, 1.54) is 4.90 Å². The fourth-order valence-electron chi connectivity index (χ4n) is 9.19. The maximum absolute atomic E-state index is 13.2. The summed E-state index contributed by atoms with van der Waals surface area (Å²) in [7, 11) is -0.396. The molecule has 2 bridgehead atoms. The van der Waals surface area contributed by atoms with Gasteiger partial charge in [-0.3, -0.25) is 9.48 Å². The Balaban J connectivity index is 1.14. The van der Waals surface area contributed by atoms with E-state index in [4.69, 9.17) is 14.7 Å². The number of benzene rings is 3. The third-order valence-corrected chi connectivity index (χ3v) is 12.8. The van der Waals surface area contributed by atoms with Crippen LogP contribution < -0.4 is 9.80 Å². The van der Waals surface area contributed by atoms with Crippen LogP contribution in [0.25, 0.3) is 0 Å². The molecule has 1 unspecified atom stereocenters. The molecule has 56 heavy (non-hydrogen) atoms. The van der Waals surface area contributed by atoms with Crippen molar-refractivity contribution >= 4 is 27.2 Å². The van der Waals surface area contributed by atoms with Crippen molar-refractivity contribution in [3.8, 4) is 6.07 Å². The highest BCUT2D eigenvalue weighted by Gasteiger charge is 2.58. The number of hydrogen-bond donors (Lipinski definition) is 0. The summed E-state index contributed by atoms with van der Waals surface area (Å²) in [5, 5.41) is 15.5. The molecule has 3 aliphatic carbocycles. The van der Waals surface area contributed by atoms with Gasteiger partial charge in [0.2, 0.25) is 15.0 Å². The topological polar surface area (TPSA) is 138 Å². The van der Waals surface area contributed by atoms with E-state index in [-0.39, 0.29) is 23.6 Å². The number of sulfone groups is 1. The second-order valence-electron chi connectivity index (χ2n) is 15.8. The number of fused-ring (bicyclic) bond motifs is 2. The Morgan fingerprint density at radius 1 is 0.982 bits per heavy atom. The molecule has 4 heterocycles. The van der Waals surface area contributed by atoms with Crippen LogP contribution in [0, 0.1) is 17.2 Å². The van der Waals surface area contributed by atoms with E-state index in [0.717, 1.165) is 64.7 Å². The van der Waals surface area contributed by atoms with Gasteiger partial charge in [0.25, 0.3) is 5.91 Å². The van der Waals surface area contributed by atoms with E-state index < -0.39 is 15.4 Å². The van der Waals surface area contributed by atoms with Crippen LogP contribution in [0.4, 0.5) is 11.5 Å². The summed E-state index contributed by atoms with van der Waals surface area (Å²) >= 11 is 0. The Labute approximate surface area is 327 Å². The van der Waals surface area contributed by atoms with Gasteiger partial charge in [-0.15, -0.1) is 0 Å². The van der Waals surface area contributed by atoms with Gasteiger partial charge < -0.3 is 19.4 Å². The Bertz CT molecular complexity index is 2450. The molecule has 1 atom stereocenters. The molecule has 12 nitrogen and oxygen atoms in total. The summed E-state index contributed by atoms with van der Waals surface area (Å²) in [5.74, 6) is 0.826. The minimum Gasteiger partial charge on any atom is -0.365 e. The number of aromatic nitrogens is 4. The standard InChI is InChI=1S/C43H44N8O4S/c1-48(2)41(52)36-21-32-26-49(17-10-18-51(32)47-36)40-35-27-55-43(22-37(35)45-42(46-40)56(3,53)54)31-19-30(20-31)33-15-16-38(34(23-44)39(33)43)50(24-28-11-6-4-7-12-28)25-29-13-8-5-9-14-29/h4-9,11-16,21,30-31H,10,17-20,22,24-27H2,1-3H3. The smallest absolute Gasteiger partial charge is 0.273 e. The largest absolute Gasteiger partial charge is 0.365 e. The Hall–Kier alpha value is -5.58. The van der Waals surface area contributed by atoms with Gasteiger partial charge in [0, 0.05) is 64.1 Å². The molecule has 0 N–H and O–H groups in total. The molecule has 0 radical (unpaired) electrons. The van der Waals surface area contributed by atoms with Gasteiger partial charge in [0.05, 0.1) is 35.8 Å². The average Bonchev–Trinajstić information content (AvgIpc) is 3.47. The van der Waals surface area contributed by atoms with Crippen molar-refractivity contribution in [3.63, 3.8) is 0 Å². The fraction of sp³-hybridized carbons (Fsp3) is 0.372. The zero-order valence-electron chi connectivity index (χ0n) is 31.9. The zero-order valence-corrected chi connectivity index (χ0v) is 32.7. The van der Waals surface area contributed by atoms with Crippen molar-refractivity contribution in [2.24, 2.45) is 5.92 Å². The molecule has 286 valence electrons. The maximum atomic E-state index is 13.2. The third-order valence-electron chi connectivity index (χ3n) is 12.0. The zero-order chi connectivity index (χ0) is 38.8. The van der Waals surface area contributed by atoms with Crippen LogP contribution in [-0.4, -0.2) is 65.9 Å². The third kappa shape index (κ3) is 6.21. The van der Waals surface area contributed by atoms with Crippen LogP contribution in [0.3, 0.4) is 0 Å². The number of ether oxygens (including phenoxy) is 1. The molecule has 2 aromatic heterocycles. The predicted molar refractivity (Wildman–Crippen MR) is 211 cm³/mol. The van der Waals surface area contributed by atoms with E-state index in [9.17, 15) is 18.5 Å². The van der Waals surface area contributed by atoms with Crippen molar-refractivity contribution in [2.45, 2.75) is 75.1 Å². The highest BCUT2D eigenvalue weighted by Crippen LogP contribution is 2.63. The van der Waals surface area contributed by atoms with Gasteiger partial charge in [-0.1, -0.05) is 66.7 Å². The quantitative estimate of drug-likeness (QED) is 0.180. The van der Waals surface area contributed by atoms with Crippen molar-refractivity contribution in [3.05, 3.63) is 129 Å². The number of nitriles is 1. The molecule has 2 aliphatic heterocycles. The average molecular weight is 769 g/mol. The molecule has 1 spiro atoms. The summed E-state index contributed by atoms with van der Waals surface area (Å²) in [6.45, 7) is 3.00. The molecule has 5 aromatic rings. The van der Waals surface area contributed by atoms with Crippen LogP contribution in [0.2, 0.25) is 0 Å². The number of anilines is 2. The fourth-order valence-corrected chi connectivity index (χ4v) is 9.72. The van der Waals surface area contributed by atoms with Crippen molar-refractivity contribution in [1.82, 2.24) is 24.6 Å². The molecule has 10 rings (SSSR count). The van der Waals surface area contributed by atoms with Crippen LogP contribution in [0.5, 0.6) is 0 Å². The first kappa shape index (κ1) is 36.1. The molecule has 5 aliphatic rings. The lowest BCUT2D eigenvalue weighted by molar-refractivity contribution is -0.151. The van der Waals surface area contributed by atoms with Gasteiger partial charge in [0.1, 0.15) is 17.5 Å². The van der Waals surface area contributed by atoms with Crippen LogP contribution in [0.1, 0.15) is 80.4 Å². The minimum absolute atomic E-state index is 0.146. The van der Waals surface area contributed by atoms with Crippen LogP contribution in [0.15, 0.2) is 84.0 Å². The van der Waals surface area contributed by atoms with Gasteiger partial charge in [-0.05, 0) is 59.9 Å². The minimum atomic E-state index is -3.80. The first-order valence-electron chi connectivity index (χ1n) is 19.2. The number of rotatable bonds is 8. The van der Waals surface area contributed by atoms with E-state index in [1.807, 2.05) is 47.1 Å². The summed E-state index contributed by atoms with van der Waals surface area (Å²) in [4.78, 5) is 28.1. The molecular weight excluding hydrogens is 725 g/mol. The van der Waals surface area contributed by atoms with Crippen molar-refractivity contribution in [2.75, 3.05) is 36.7 Å². The molecular formula is C43H44N8O4S. The molecule has 3 aromatic carbocycles. The number of carbonyl (C=O) groups excluding carboxylic acids is 1. The normalized spacial score (nSPS) is 20.9. The van der Waals surface area contributed by atoms with E-state index in [2.05, 4.69) is 57.4 Å². The van der Waals surface area contributed by atoms with Gasteiger partial charge in [-0.25, -0.2) is 18.4 Å². The highest BCUT2D eigenvalue weighted by molar-refractivity contribution is 7.90. The number of carbonyl (C=O) groups is 1. The van der Waals surface area contributed by atoms with E-state index >= 15 is 0 Å². The van der Waals surface area contributed by atoms with Crippen LogP contribution >= 0.6 is 0 Å². The van der Waals surface area contributed by atoms with Crippen molar-refractivity contribution < 1.29 is 17.9 Å². The van der Waals surface area contributed by atoms with Crippen molar-refractivity contribution in [1.29, 1.82) is 5.26 Å². The molecule has 1 amide bonds. The van der Waals surface area contributed by atoms with E-state index in [0.29, 0.717) is 67.8 Å². The lowest BCUT2D eigenvalue weighted by Gasteiger charge is -2.57. The summed E-state index contributed by atoms with van der Waals surface area (Å²) in [6, 6.07) is 29.4. The van der Waals surface area contributed by atoms with Crippen LogP contribution in [-0.2, 0) is 59.4 Å². The Morgan fingerprint density at radius 2 is 1.68 bits per heavy atom. The maximum Gasteiger partial charge on any atom is 0.273 e. The van der Waals surface area contributed by atoms with Gasteiger partial charge >= 0.3 is 0 Å². The molecule has 0 saturated heterocycles. The summed E-state index contributed by atoms with van der Waals surface area (Å²) in [6.07, 6.45) is 4.06. The lowest BCUT2D eigenvalue weighted by Crippen LogP contribution is -2.53. The van der Waals surface area contributed by atoms with Gasteiger partial charge in [0.15, 0.2) is 5.69 Å². The SMILES string of the molecule is CN(C)C(=O)c1cc2n(n1)CCCN(c1nc(S(C)(=O)=O)nc3c1COC1(C3)c3c(ccc(N(Cc4ccccc4)Cc4ccccc4)c3C#N)C3CC1C3)C2. The molecule has 1 fully saturated rings. The number of hydrogen-bond acceptors (Lipinski definition) is 10. The molecule has 13 heteroatoms. The lowest BCUT2D eigenvalue weighted by atomic mass is 9.53. The molecule has 1 saturated carbocycles. The second-order valence-corrected chi connectivity index (χ2v) is 17.7. The summed E-state index contributed by atoms with van der Waals surface area (Å²) in [5.41, 5.74) is 7.53. The predicted octanol–water partition coefficient (Wildman–Crippen LogP) is 5.74. The monoisotopic (exact) mass is 768 g/mol. The summed E-state index contributed by atoms with van der Waals surface area (Å²) < 4.78 is 35.5. The Morgan fingerprint density at radius 3 is 2.32 bits per heavy atom. The second kappa shape index (κ2) is 13.9. The van der Waals surface area contributed by atoms with Gasteiger partial charge in [-0.2, -0.15) is 10.4 Å². The highest BCUT2D eigenvalue weighted by atomic mass is 32.2. The van der Waals surface area contributed by atoms with E-state index in [1.54, 1.807) is 14.1 Å². The number of aryl methyl sites for hydroxylation is 1. The number of nitrogens with zero attached hydrogens (tertiary/aromatic N) is 8. The Kier molecular flexibility index (Phi) is 8.93. The number of amides is 1. The first-order valence-corrected chi connectivity index (χ1v) is 21.1.